The molecule has 1 amide bonds. The molecule has 0 aromatic heterocycles. The lowest BCUT2D eigenvalue weighted by atomic mass is 10.1. The monoisotopic (exact) mass is 443 g/mol. The van der Waals surface area contributed by atoms with E-state index in [1.165, 1.54) is 16.8 Å². The molecule has 1 fully saturated rings. The molecule has 0 unspecified atom stereocenters. The summed E-state index contributed by atoms with van der Waals surface area (Å²) in [7, 11) is -3.65. The van der Waals surface area contributed by atoms with E-state index in [1.54, 1.807) is 13.8 Å². The number of nitrogens with one attached hydrogen (secondary N) is 1. The van der Waals surface area contributed by atoms with Crippen molar-refractivity contribution in [2.75, 3.05) is 37.6 Å². The lowest BCUT2D eigenvalue weighted by molar-refractivity contribution is -0.131. The van der Waals surface area contributed by atoms with Crippen LogP contribution in [0.2, 0.25) is 0 Å². The summed E-state index contributed by atoms with van der Waals surface area (Å²) in [5.74, 6) is -0.0133. The van der Waals surface area contributed by atoms with Crippen LogP contribution in [0.25, 0.3) is 0 Å². The fraction of sp³-hybridized carbons (Fsp3) is 0.458. The summed E-state index contributed by atoms with van der Waals surface area (Å²) < 4.78 is 28.1. The molecule has 168 valence electrons. The van der Waals surface area contributed by atoms with Crippen LogP contribution in [0.4, 0.5) is 5.69 Å². The van der Waals surface area contributed by atoms with Crippen LogP contribution in [0.3, 0.4) is 0 Å². The molecule has 2 aromatic carbocycles. The van der Waals surface area contributed by atoms with E-state index in [4.69, 9.17) is 0 Å². The molecule has 1 aliphatic rings. The SMILES string of the molecule is Cc1cc(C)c(S(=O)(=O)NCCC(=O)N2CCN(c3cccc(C)c3C)CC2)c(C)c1. The maximum Gasteiger partial charge on any atom is 0.241 e. The first-order chi connectivity index (χ1) is 14.6. The summed E-state index contributed by atoms with van der Waals surface area (Å²) in [5.41, 5.74) is 6.24. The molecule has 31 heavy (non-hydrogen) atoms. The summed E-state index contributed by atoms with van der Waals surface area (Å²) in [6.45, 7) is 12.8. The summed E-state index contributed by atoms with van der Waals surface area (Å²) >= 11 is 0. The van der Waals surface area contributed by atoms with E-state index in [0.29, 0.717) is 18.0 Å². The minimum atomic E-state index is -3.65. The molecule has 0 spiro atoms. The van der Waals surface area contributed by atoms with E-state index in [1.807, 2.05) is 24.0 Å². The third-order valence-electron chi connectivity index (χ3n) is 6.05. The minimum absolute atomic E-state index is 0.0133. The number of nitrogens with zero attached hydrogens (tertiary/aromatic N) is 2. The predicted molar refractivity (Wildman–Crippen MR) is 125 cm³/mol. The Kier molecular flexibility index (Phi) is 7.06. The first-order valence-electron chi connectivity index (χ1n) is 10.8. The highest BCUT2D eigenvalue weighted by Gasteiger charge is 2.24. The Morgan fingerprint density at radius 2 is 1.55 bits per heavy atom. The van der Waals surface area contributed by atoms with Gasteiger partial charge in [-0.3, -0.25) is 4.79 Å². The highest BCUT2D eigenvalue weighted by molar-refractivity contribution is 7.89. The number of rotatable bonds is 6. The lowest BCUT2D eigenvalue weighted by Crippen LogP contribution is -2.49. The number of hydrogen-bond donors (Lipinski definition) is 1. The largest absolute Gasteiger partial charge is 0.368 e. The van der Waals surface area contributed by atoms with Crippen LogP contribution < -0.4 is 9.62 Å². The quantitative estimate of drug-likeness (QED) is 0.744. The zero-order valence-electron chi connectivity index (χ0n) is 19.2. The van der Waals surface area contributed by atoms with Crippen molar-refractivity contribution in [2.24, 2.45) is 0 Å². The smallest absolute Gasteiger partial charge is 0.241 e. The van der Waals surface area contributed by atoms with E-state index in [9.17, 15) is 13.2 Å². The van der Waals surface area contributed by atoms with Gasteiger partial charge in [-0.2, -0.15) is 0 Å². The van der Waals surface area contributed by atoms with Crippen LogP contribution in [-0.4, -0.2) is 51.9 Å². The topological polar surface area (TPSA) is 69.7 Å². The zero-order chi connectivity index (χ0) is 22.8. The van der Waals surface area contributed by atoms with Crippen molar-refractivity contribution in [3.63, 3.8) is 0 Å². The van der Waals surface area contributed by atoms with E-state index in [2.05, 4.69) is 41.7 Å². The number of benzene rings is 2. The molecule has 0 radical (unpaired) electrons. The molecule has 2 aromatic rings. The van der Waals surface area contributed by atoms with Gasteiger partial charge in [0.05, 0.1) is 4.90 Å². The number of aryl methyl sites for hydroxylation is 4. The number of carbonyl (C=O) groups is 1. The number of hydrogen-bond acceptors (Lipinski definition) is 4. The van der Waals surface area contributed by atoms with Crippen LogP contribution in [-0.2, 0) is 14.8 Å². The summed E-state index contributed by atoms with van der Waals surface area (Å²) in [5, 5.41) is 0. The second-order valence-electron chi connectivity index (χ2n) is 8.46. The Balaban J connectivity index is 1.54. The summed E-state index contributed by atoms with van der Waals surface area (Å²) in [6.07, 6.45) is 0.159. The first kappa shape index (κ1) is 23.3. The van der Waals surface area contributed by atoms with Crippen LogP contribution in [0.5, 0.6) is 0 Å². The van der Waals surface area contributed by atoms with Crippen LogP contribution >= 0.6 is 0 Å². The van der Waals surface area contributed by atoms with Gasteiger partial charge >= 0.3 is 0 Å². The van der Waals surface area contributed by atoms with Gasteiger partial charge in [0.25, 0.3) is 0 Å². The van der Waals surface area contributed by atoms with Crippen LogP contribution in [0, 0.1) is 34.6 Å². The maximum absolute atomic E-state index is 12.8. The van der Waals surface area contributed by atoms with E-state index in [-0.39, 0.29) is 18.9 Å². The Hall–Kier alpha value is -2.38. The number of carbonyl (C=O) groups excluding carboxylic acids is 1. The number of piperazine rings is 1. The standard InChI is InChI=1S/C24H33N3O3S/c1-17-15-19(3)24(20(4)16-17)31(29,30)25-10-9-23(28)27-13-11-26(12-14-27)22-8-6-7-18(2)21(22)5/h6-8,15-16,25H,9-14H2,1-5H3. The van der Waals surface area contributed by atoms with E-state index >= 15 is 0 Å². The van der Waals surface area contributed by atoms with Gasteiger partial charge in [-0.05, 0) is 62.9 Å². The van der Waals surface area contributed by atoms with Gasteiger partial charge in [-0.15, -0.1) is 0 Å². The van der Waals surface area contributed by atoms with Crippen molar-refractivity contribution in [2.45, 2.75) is 45.9 Å². The third-order valence-corrected chi connectivity index (χ3v) is 7.82. The predicted octanol–water partition coefficient (Wildman–Crippen LogP) is 3.25. The maximum atomic E-state index is 12.8. The molecule has 1 heterocycles. The van der Waals surface area contributed by atoms with Gasteiger partial charge in [0.2, 0.25) is 15.9 Å². The molecule has 0 aliphatic carbocycles. The zero-order valence-corrected chi connectivity index (χ0v) is 20.0. The van der Waals surface area contributed by atoms with Gasteiger partial charge in [0.15, 0.2) is 0 Å². The molecule has 1 saturated heterocycles. The fourth-order valence-electron chi connectivity index (χ4n) is 4.39. The highest BCUT2D eigenvalue weighted by atomic mass is 32.2. The minimum Gasteiger partial charge on any atom is -0.368 e. The Morgan fingerprint density at radius 1 is 0.935 bits per heavy atom. The van der Waals surface area contributed by atoms with E-state index < -0.39 is 10.0 Å². The molecular formula is C24H33N3O3S. The van der Waals surface area contributed by atoms with Gasteiger partial charge < -0.3 is 9.80 Å². The molecule has 3 rings (SSSR count). The third kappa shape index (κ3) is 5.28. The fourth-order valence-corrected chi connectivity index (χ4v) is 5.87. The molecule has 6 nitrogen and oxygen atoms in total. The second kappa shape index (κ2) is 9.40. The van der Waals surface area contributed by atoms with Crippen molar-refractivity contribution >= 4 is 21.6 Å². The second-order valence-corrected chi connectivity index (χ2v) is 10.2. The van der Waals surface area contributed by atoms with Gasteiger partial charge in [-0.1, -0.05) is 29.8 Å². The Labute approximate surface area is 186 Å². The Morgan fingerprint density at radius 3 is 2.16 bits per heavy atom. The van der Waals surface area contributed by atoms with Crippen LogP contribution in [0.15, 0.2) is 35.2 Å². The molecule has 0 bridgehead atoms. The lowest BCUT2D eigenvalue weighted by Gasteiger charge is -2.37. The summed E-state index contributed by atoms with van der Waals surface area (Å²) in [4.78, 5) is 17.1. The van der Waals surface area contributed by atoms with Crippen molar-refractivity contribution in [1.82, 2.24) is 9.62 Å². The van der Waals surface area contributed by atoms with Gasteiger partial charge in [0.1, 0.15) is 0 Å². The van der Waals surface area contributed by atoms with Crippen molar-refractivity contribution in [3.05, 3.63) is 58.1 Å². The van der Waals surface area contributed by atoms with Gasteiger partial charge in [0, 0.05) is 44.8 Å². The highest BCUT2D eigenvalue weighted by Crippen LogP contribution is 2.24. The van der Waals surface area contributed by atoms with Crippen LogP contribution in [0.1, 0.15) is 34.2 Å². The normalized spacial score (nSPS) is 14.7. The molecule has 1 aliphatic heterocycles. The molecular weight excluding hydrogens is 410 g/mol. The molecule has 0 saturated carbocycles. The molecule has 7 heteroatoms. The first-order valence-corrected chi connectivity index (χ1v) is 12.2. The average Bonchev–Trinajstić information content (AvgIpc) is 2.69. The number of anilines is 1. The molecule has 1 N–H and O–H groups in total. The van der Waals surface area contributed by atoms with E-state index in [0.717, 1.165) is 29.8 Å². The Bertz CT molecular complexity index is 1050. The van der Waals surface area contributed by atoms with Crippen molar-refractivity contribution in [1.29, 1.82) is 0 Å². The summed E-state index contributed by atoms with van der Waals surface area (Å²) in [6, 6.07) is 10.0. The van der Waals surface area contributed by atoms with Gasteiger partial charge in [-0.25, -0.2) is 13.1 Å². The average molecular weight is 444 g/mol. The molecule has 0 atom stereocenters. The number of sulfonamides is 1. The van der Waals surface area contributed by atoms with Crippen molar-refractivity contribution < 1.29 is 13.2 Å². The van der Waals surface area contributed by atoms with Crippen molar-refractivity contribution in [3.8, 4) is 0 Å². The number of amides is 1.